The Morgan fingerprint density at radius 1 is 1.25 bits per heavy atom. The third-order valence-electron chi connectivity index (χ3n) is 3.89. The van der Waals surface area contributed by atoms with E-state index in [1.807, 2.05) is 0 Å². The molecular weight excluding hydrogens is 332 g/mol. The van der Waals surface area contributed by atoms with Crippen molar-refractivity contribution in [3.63, 3.8) is 0 Å². The molecule has 1 aromatic carbocycles. The van der Waals surface area contributed by atoms with E-state index < -0.39 is 35.8 Å². The minimum Gasteiger partial charge on any atom is -0.383 e. The first-order valence-corrected chi connectivity index (χ1v) is 7.29. The maximum absolute atomic E-state index is 13.0. The average Bonchev–Trinajstić information content (AvgIpc) is 2.52. The van der Waals surface area contributed by atoms with Crippen molar-refractivity contribution in [3.05, 3.63) is 30.1 Å². The number of alkyl halides is 3. The Morgan fingerprint density at radius 2 is 1.88 bits per heavy atom. The van der Waals surface area contributed by atoms with Crippen LogP contribution in [-0.2, 0) is 9.59 Å². The lowest BCUT2D eigenvalue weighted by molar-refractivity contribution is -0.222. The molecule has 2 N–H and O–H groups in total. The number of aliphatic hydroxyl groups excluding tert-OH is 1. The molecule has 5 nitrogen and oxygen atoms in total. The highest BCUT2D eigenvalue weighted by Gasteiger charge is 2.44. The lowest BCUT2D eigenvalue weighted by atomic mass is 9.91. The number of piperidine rings is 1. The SMILES string of the molecule is O=C(Nc1cccc(F)c1)C(=O)N1CCC(C(O)C(F)(F)F)CC1. The number of amides is 2. The Kier molecular flexibility index (Phi) is 5.43. The van der Waals surface area contributed by atoms with Crippen LogP contribution < -0.4 is 5.32 Å². The molecule has 1 aliphatic heterocycles. The summed E-state index contributed by atoms with van der Waals surface area (Å²) >= 11 is 0. The summed E-state index contributed by atoms with van der Waals surface area (Å²) in [5.41, 5.74) is 0.107. The fraction of sp³-hybridized carbons (Fsp3) is 0.467. The molecule has 0 bridgehead atoms. The third kappa shape index (κ3) is 4.44. The number of likely N-dealkylation sites (tertiary alicyclic amines) is 1. The normalized spacial score (nSPS) is 17.5. The highest BCUT2D eigenvalue weighted by atomic mass is 19.4. The average molecular weight is 348 g/mol. The number of aliphatic hydroxyl groups is 1. The number of benzene rings is 1. The van der Waals surface area contributed by atoms with E-state index in [0.29, 0.717) is 0 Å². The van der Waals surface area contributed by atoms with Gasteiger partial charge in [0.05, 0.1) is 0 Å². The molecule has 1 fully saturated rings. The number of nitrogens with zero attached hydrogens (tertiary/aromatic N) is 1. The zero-order valence-electron chi connectivity index (χ0n) is 12.5. The molecule has 1 aromatic rings. The molecule has 1 atom stereocenters. The molecule has 1 heterocycles. The van der Waals surface area contributed by atoms with Gasteiger partial charge < -0.3 is 15.3 Å². The van der Waals surface area contributed by atoms with Crippen LogP contribution in [0.1, 0.15) is 12.8 Å². The van der Waals surface area contributed by atoms with Crippen molar-refractivity contribution in [1.29, 1.82) is 0 Å². The summed E-state index contributed by atoms with van der Waals surface area (Å²) in [5, 5.41) is 11.5. The van der Waals surface area contributed by atoms with Crippen LogP contribution in [0.2, 0.25) is 0 Å². The standard InChI is InChI=1S/C15H16F4N2O3/c16-10-2-1-3-11(8-10)20-13(23)14(24)21-6-4-9(5-7-21)12(22)15(17,18)19/h1-3,8-9,12,22H,4-7H2,(H,20,23). The minimum atomic E-state index is -4.70. The predicted molar refractivity (Wildman–Crippen MR) is 76.4 cm³/mol. The van der Waals surface area contributed by atoms with Gasteiger partial charge in [0.2, 0.25) is 0 Å². The summed E-state index contributed by atoms with van der Waals surface area (Å²) in [7, 11) is 0. The highest BCUT2D eigenvalue weighted by molar-refractivity contribution is 6.39. The van der Waals surface area contributed by atoms with Gasteiger partial charge in [-0.05, 0) is 37.0 Å². The van der Waals surface area contributed by atoms with E-state index in [4.69, 9.17) is 0 Å². The second-order valence-corrected chi connectivity index (χ2v) is 5.58. The molecule has 2 rings (SSSR count). The van der Waals surface area contributed by atoms with Crippen LogP contribution in [0.5, 0.6) is 0 Å². The first-order valence-electron chi connectivity index (χ1n) is 7.29. The summed E-state index contributed by atoms with van der Waals surface area (Å²) in [4.78, 5) is 25.0. The monoisotopic (exact) mass is 348 g/mol. The molecule has 24 heavy (non-hydrogen) atoms. The fourth-order valence-electron chi connectivity index (χ4n) is 2.58. The second kappa shape index (κ2) is 7.16. The maximum atomic E-state index is 13.0. The van der Waals surface area contributed by atoms with E-state index in [0.717, 1.165) is 11.0 Å². The van der Waals surface area contributed by atoms with Crippen LogP contribution in [0.25, 0.3) is 0 Å². The van der Waals surface area contributed by atoms with Gasteiger partial charge in [0.25, 0.3) is 0 Å². The van der Waals surface area contributed by atoms with Gasteiger partial charge in [0.15, 0.2) is 6.10 Å². The van der Waals surface area contributed by atoms with Crippen LogP contribution in [-0.4, -0.2) is 47.2 Å². The molecular formula is C15H16F4N2O3. The summed E-state index contributed by atoms with van der Waals surface area (Å²) < 4.78 is 50.4. The highest BCUT2D eigenvalue weighted by Crippen LogP contribution is 2.31. The lowest BCUT2D eigenvalue weighted by Gasteiger charge is -2.34. The van der Waals surface area contributed by atoms with E-state index in [-0.39, 0.29) is 31.6 Å². The molecule has 132 valence electrons. The van der Waals surface area contributed by atoms with Crippen molar-refractivity contribution in [1.82, 2.24) is 4.90 Å². The van der Waals surface area contributed by atoms with E-state index in [9.17, 15) is 32.3 Å². The van der Waals surface area contributed by atoms with Crippen molar-refractivity contribution < 1.29 is 32.3 Å². The van der Waals surface area contributed by atoms with E-state index >= 15 is 0 Å². The summed E-state index contributed by atoms with van der Waals surface area (Å²) in [6.07, 6.45) is -7.25. The van der Waals surface area contributed by atoms with Gasteiger partial charge in [-0.2, -0.15) is 13.2 Å². The van der Waals surface area contributed by atoms with Gasteiger partial charge in [-0.1, -0.05) is 6.07 Å². The molecule has 1 unspecified atom stereocenters. The van der Waals surface area contributed by atoms with E-state index in [1.165, 1.54) is 18.2 Å². The number of carbonyl (C=O) groups excluding carboxylic acids is 2. The van der Waals surface area contributed by atoms with Gasteiger partial charge in [-0.25, -0.2) is 4.39 Å². The van der Waals surface area contributed by atoms with Crippen LogP contribution in [0.4, 0.5) is 23.2 Å². The first-order chi connectivity index (χ1) is 11.2. The van der Waals surface area contributed by atoms with Crippen LogP contribution in [0, 0.1) is 11.7 Å². The largest absolute Gasteiger partial charge is 0.414 e. The van der Waals surface area contributed by atoms with Crippen molar-refractivity contribution in [3.8, 4) is 0 Å². The number of hydrogen-bond donors (Lipinski definition) is 2. The second-order valence-electron chi connectivity index (χ2n) is 5.58. The Morgan fingerprint density at radius 3 is 2.42 bits per heavy atom. The van der Waals surface area contributed by atoms with Gasteiger partial charge in [0.1, 0.15) is 5.82 Å². The topological polar surface area (TPSA) is 69.6 Å². The van der Waals surface area contributed by atoms with Crippen LogP contribution >= 0.6 is 0 Å². The van der Waals surface area contributed by atoms with Crippen molar-refractivity contribution in [2.45, 2.75) is 25.1 Å². The van der Waals surface area contributed by atoms with Gasteiger partial charge in [0, 0.05) is 18.8 Å². The van der Waals surface area contributed by atoms with Crippen molar-refractivity contribution in [2.75, 3.05) is 18.4 Å². The Hall–Kier alpha value is -2.16. The number of hydrogen-bond acceptors (Lipinski definition) is 3. The van der Waals surface area contributed by atoms with Gasteiger partial charge in [-0.15, -0.1) is 0 Å². The molecule has 1 saturated heterocycles. The maximum Gasteiger partial charge on any atom is 0.414 e. The Balaban J connectivity index is 1.89. The van der Waals surface area contributed by atoms with Gasteiger partial charge in [-0.3, -0.25) is 9.59 Å². The number of halogens is 4. The summed E-state index contributed by atoms with van der Waals surface area (Å²) in [6, 6.07) is 4.98. The smallest absolute Gasteiger partial charge is 0.383 e. The number of nitrogens with one attached hydrogen (secondary N) is 1. The van der Waals surface area contributed by atoms with Crippen LogP contribution in [0.15, 0.2) is 24.3 Å². The molecule has 1 aliphatic rings. The van der Waals surface area contributed by atoms with Crippen LogP contribution in [0.3, 0.4) is 0 Å². The molecule has 9 heteroatoms. The fourth-order valence-corrected chi connectivity index (χ4v) is 2.58. The number of rotatable bonds is 2. The number of anilines is 1. The lowest BCUT2D eigenvalue weighted by Crippen LogP contribution is -2.48. The summed E-state index contributed by atoms with van der Waals surface area (Å²) in [5.74, 6) is -3.47. The third-order valence-corrected chi connectivity index (χ3v) is 3.89. The molecule has 0 aliphatic carbocycles. The van der Waals surface area contributed by atoms with Gasteiger partial charge >= 0.3 is 18.0 Å². The van der Waals surface area contributed by atoms with Crippen molar-refractivity contribution >= 4 is 17.5 Å². The summed E-state index contributed by atoms with van der Waals surface area (Å²) in [6.45, 7) is -0.125. The zero-order valence-corrected chi connectivity index (χ0v) is 12.5. The molecule has 2 amide bonds. The first kappa shape index (κ1) is 18.2. The molecule has 0 aromatic heterocycles. The predicted octanol–water partition coefficient (Wildman–Crippen LogP) is 1.93. The quantitative estimate of drug-likeness (QED) is 0.634. The van der Waals surface area contributed by atoms with E-state index in [2.05, 4.69) is 5.32 Å². The van der Waals surface area contributed by atoms with E-state index in [1.54, 1.807) is 0 Å². The molecule has 0 radical (unpaired) electrons. The Labute approximate surface area is 135 Å². The minimum absolute atomic E-state index is 0.0559. The molecule has 0 spiro atoms. The van der Waals surface area contributed by atoms with Crippen molar-refractivity contribution in [2.24, 2.45) is 5.92 Å². The zero-order chi connectivity index (χ0) is 17.9. The molecule has 0 saturated carbocycles. The number of carbonyl (C=O) groups is 2. The Bertz CT molecular complexity index is 613.